The van der Waals surface area contributed by atoms with Crippen LogP contribution in [0.4, 0.5) is 0 Å². The van der Waals surface area contributed by atoms with E-state index < -0.39 is 8.07 Å². The van der Waals surface area contributed by atoms with Crippen LogP contribution in [0.2, 0.25) is 19.6 Å². The van der Waals surface area contributed by atoms with Crippen molar-refractivity contribution in [3.63, 3.8) is 0 Å². The minimum atomic E-state index is -1.34. The summed E-state index contributed by atoms with van der Waals surface area (Å²) in [4.78, 5) is 10.1. The van der Waals surface area contributed by atoms with Gasteiger partial charge in [-0.05, 0) is 91.8 Å². The second kappa shape index (κ2) is 20.1. The number of hydrogen-bond donors (Lipinski definition) is 0. The summed E-state index contributed by atoms with van der Waals surface area (Å²) < 4.78 is 3.63. The maximum Gasteiger partial charge on any atom is 0.0798 e. The Morgan fingerprint density at radius 1 is 0.691 bits per heavy atom. The summed E-state index contributed by atoms with van der Waals surface area (Å²) in [7, 11) is -1.34. The predicted molar refractivity (Wildman–Crippen MR) is 292 cm³/mol. The molecule has 3 aromatic heterocycles. The first-order valence-electron chi connectivity index (χ1n) is 23.8. The van der Waals surface area contributed by atoms with E-state index in [1.807, 2.05) is 18.2 Å². The Morgan fingerprint density at radius 3 is 1.94 bits per heavy atom. The zero-order valence-electron chi connectivity index (χ0n) is 41.0. The van der Waals surface area contributed by atoms with Gasteiger partial charge in [-0.2, -0.15) is 0 Å². The zero-order chi connectivity index (χ0) is 47.0. The smallest absolute Gasteiger partial charge is 0.0798 e. The number of pyridine rings is 1. The predicted octanol–water partition coefficient (Wildman–Crippen LogP) is 16.9. The number of nitrogens with zero attached hydrogens (tertiary/aromatic N) is 3. The van der Waals surface area contributed by atoms with Crippen molar-refractivity contribution in [2.75, 3.05) is 0 Å². The Kier molecular flexibility index (Phi) is 14.4. The van der Waals surface area contributed by atoms with E-state index in [2.05, 4.69) is 235 Å². The molecule has 0 bridgehead atoms. The largest absolute Gasteiger partial charge is 0.332 e. The van der Waals surface area contributed by atoms with Crippen molar-refractivity contribution in [3.8, 4) is 50.6 Å². The zero-order valence-corrected chi connectivity index (χ0v) is 45.2. The molecule has 7 aromatic carbocycles. The van der Waals surface area contributed by atoms with Gasteiger partial charge in [-0.15, -0.1) is 41.3 Å². The summed E-state index contributed by atoms with van der Waals surface area (Å²) in [6.45, 7) is 23.2. The normalized spacial score (nSPS) is 11.9. The Hall–Kier alpha value is -5.75. The molecule has 0 atom stereocenters. The minimum Gasteiger partial charge on any atom is -0.332 e. The quantitative estimate of drug-likeness (QED) is 0.107. The summed E-state index contributed by atoms with van der Waals surface area (Å²) in [5, 5.41) is 8.99. The van der Waals surface area contributed by atoms with Crippen molar-refractivity contribution >= 4 is 56.5 Å². The molecule has 0 spiro atoms. The molecule has 3 nitrogen and oxygen atoms in total. The molecule has 3 heterocycles. The summed E-state index contributed by atoms with van der Waals surface area (Å²) in [6.07, 6.45) is 3.24. The van der Waals surface area contributed by atoms with E-state index in [1.165, 1.54) is 65.0 Å². The van der Waals surface area contributed by atoms with Gasteiger partial charge in [0.05, 0.1) is 30.6 Å². The average Bonchev–Trinajstić information content (AvgIpc) is 3.91. The van der Waals surface area contributed by atoms with Crippen LogP contribution < -0.4 is 5.19 Å². The van der Waals surface area contributed by atoms with Gasteiger partial charge in [-0.1, -0.05) is 199 Å². The van der Waals surface area contributed by atoms with Gasteiger partial charge >= 0.3 is 0 Å². The first kappa shape index (κ1) is 48.7. The molecular weight excluding hydrogens is 1040 g/mol. The molecular formula is C62H61IrN3SSi-2. The number of thiophene rings is 1. The number of benzene rings is 7. The van der Waals surface area contributed by atoms with Crippen LogP contribution in [0.3, 0.4) is 0 Å². The van der Waals surface area contributed by atoms with Gasteiger partial charge in [-0.25, -0.2) is 0 Å². The maximum atomic E-state index is 5.39. The first-order chi connectivity index (χ1) is 32.2. The second-order valence-corrected chi connectivity index (χ2v) is 26.5. The van der Waals surface area contributed by atoms with Gasteiger partial charge in [0.25, 0.3) is 0 Å². The van der Waals surface area contributed by atoms with E-state index >= 15 is 0 Å². The first-order valence-corrected chi connectivity index (χ1v) is 28.1. The van der Waals surface area contributed by atoms with Crippen LogP contribution in [0.25, 0.3) is 82.5 Å². The minimum absolute atomic E-state index is 0. The van der Waals surface area contributed by atoms with Crippen LogP contribution in [-0.4, -0.2) is 22.6 Å². The summed E-state index contributed by atoms with van der Waals surface area (Å²) in [6, 6.07) is 59.9. The molecule has 10 rings (SSSR count). The molecule has 68 heavy (non-hydrogen) atoms. The maximum absolute atomic E-state index is 5.39. The molecule has 0 unspecified atom stereocenters. The molecule has 0 amide bonds. The number of imidazole rings is 1. The topological polar surface area (TPSA) is 30.7 Å². The number of para-hydroxylation sites is 2. The van der Waals surface area contributed by atoms with Gasteiger partial charge in [0, 0.05) is 37.4 Å². The Labute approximate surface area is 422 Å². The van der Waals surface area contributed by atoms with Crippen molar-refractivity contribution in [1.29, 1.82) is 0 Å². The molecule has 0 aliphatic rings. The molecule has 0 aliphatic heterocycles. The standard InChI is InChI=1S/C44H37N2S.C18H24NSi.Ir/c1-28(2)33-20-14-19-31-23-37-38(27-47-41(37)26-34(31)33)43-45-39-21-12-13-22-40(39)46(43)42-35(29-15-8-6-9-16-29)24-32(44(3,4)5)25-36(42)30-17-10-7-11-18-30;1-14(2)11-16-12-17(15-9-7-6-8-10-15)19-13-18(16)20(3,4)5;/h6-26,28H,1-5H3;6-9,12-14H,11H2,1-5H3;/q2*-1;. The van der Waals surface area contributed by atoms with E-state index in [0.29, 0.717) is 11.8 Å². The Balaban J connectivity index is 0.000000251. The van der Waals surface area contributed by atoms with E-state index in [4.69, 9.17) is 4.98 Å². The molecule has 6 heteroatoms. The Bertz CT molecular complexity index is 3280. The molecule has 1 radical (unpaired) electrons. The Morgan fingerprint density at radius 2 is 1.34 bits per heavy atom. The third kappa shape index (κ3) is 10.0. The second-order valence-electron chi connectivity index (χ2n) is 20.7. The number of fused-ring (bicyclic) bond motifs is 3. The van der Waals surface area contributed by atoms with Gasteiger partial charge in [0.1, 0.15) is 0 Å². The summed E-state index contributed by atoms with van der Waals surface area (Å²) >= 11 is 1.69. The van der Waals surface area contributed by atoms with Crippen molar-refractivity contribution in [2.24, 2.45) is 5.92 Å². The number of aromatic nitrogens is 3. The fourth-order valence-electron chi connectivity index (χ4n) is 9.33. The summed E-state index contributed by atoms with van der Waals surface area (Å²) in [5.41, 5.74) is 15.2. The van der Waals surface area contributed by atoms with Crippen molar-refractivity contribution < 1.29 is 20.1 Å². The van der Waals surface area contributed by atoms with Gasteiger partial charge < -0.3 is 9.55 Å². The molecule has 345 valence electrons. The van der Waals surface area contributed by atoms with E-state index in [9.17, 15) is 0 Å². The monoisotopic (exact) mass is 1100 g/mol. The van der Waals surface area contributed by atoms with Crippen molar-refractivity contribution in [3.05, 3.63) is 192 Å². The third-order valence-corrected chi connectivity index (χ3v) is 15.7. The van der Waals surface area contributed by atoms with Crippen LogP contribution in [0.5, 0.6) is 0 Å². The molecule has 0 saturated heterocycles. The molecule has 0 fully saturated rings. The van der Waals surface area contributed by atoms with Crippen molar-refractivity contribution in [1.82, 2.24) is 14.5 Å². The number of hydrogen-bond acceptors (Lipinski definition) is 3. The van der Waals surface area contributed by atoms with Crippen LogP contribution in [0.1, 0.15) is 71.1 Å². The van der Waals surface area contributed by atoms with Crippen molar-refractivity contribution in [2.45, 2.75) is 85.9 Å². The molecule has 0 saturated carbocycles. The van der Waals surface area contributed by atoms with Gasteiger partial charge in [-0.3, -0.25) is 16.3 Å². The van der Waals surface area contributed by atoms with Crippen LogP contribution in [0, 0.1) is 17.4 Å². The molecule has 0 aliphatic carbocycles. The van der Waals surface area contributed by atoms with E-state index in [0.717, 1.165) is 45.8 Å². The SMILES string of the molecule is CC(C)Cc1cc(-c2[c-]cccc2)ncc1[Si](C)(C)C.CC(C)c1cccc2cc3c(-c4nc5ccccc5n4-c4c(-c5ccccc5)cc(C(C)(C)C)cc4-c4ccccc4)[c-]sc3cc12.[Ir]. The third-order valence-electron chi connectivity index (χ3n) is 12.7. The van der Waals surface area contributed by atoms with Crippen LogP contribution in [0.15, 0.2) is 164 Å². The van der Waals surface area contributed by atoms with E-state index in [-0.39, 0.29) is 25.5 Å². The van der Waals surface area contributed by atoms with Gasteiger partial charge in [0.2, 0.25) is 0 Å². The van der Waals surface area contributed by atoms with Crippen LogP contribution in [-0.2, 0) is 31.9 Å². The molecule has 10 aromatic rings. The summed E-state index contributed by atoms with van der Waals surface area (Å²) in [5.74, 6) is 2.03. The molecule has 0 N–H and O–H groups in total. The van der Waals surface area contributed by atoms with Gasteiger partial charge in [0.15, 0.2) is 0 Å². The average molecular weight is 1100 g/mol. The fraction of sp³-hybridized carbons (Fsp3) is 0.226. The van der Waals surface area contributed by atoms with E-state index in [1.54, 1.807) is 11.3 Å². The number of rotatable bonds is 9. The fourth-order valence-corrected chi connectivity index (χ4v) is 11.8. The van der Waals surface area contributed by atoms with Crippen LogP contribution >= 0.6 is 11.3 Å².